The maximum Gasteiger partial charge on any atom is 0.341 e. The predicted molar refractivity (Wildman–Crippen MR) is 108 cm³/mol. The highest BCUT2D eigenvalue weighted by molar-refractivity contribution is 5.93. The fraction of sp³-hybridized carbons (Fsp3) is 0.524. The van der Waals surface area contributed by atoms with E-state index in [9.17, 15) is 19.1 Å². The summed E-state index contributed by atoms with van der Waals surface area (Å²) in [7, 11) is 0. The van der Waals surface area contributed by atoms with Gasteiger partial charge in [0, 0.05) is 50.4 Å². The van der Waals surface area contributed by atoms with Gasteiger partial charge in [0.25, 0.3) is 0 Å². The molecule has 1 aromatic carbocycles. The summed E-state index contributed by atoms with van der Waals surface area (Å²) in [4.78, 5) is 28.3. The van der Waals surface area contributed by atoms with Crippen LogP contribution in [-0.2, 0) is 0 Å². The molecule has 0 spiro atoms. The van der Waals surface area contributed by atoms with Gasteiger partial charge >= 0.3 is 5.97 Å². The first-order chi connectivity index (χ1) is 14.0. The molecule has 2 heterocycles. The average molecular weight is 403 g/mol. The summed E-state index contributed by atoms with van der Waals surface area (Å²) in [5.41, 5.74) is 0.116. The van der Waals surface area contributed by atoms with Crippen LogP contribution in [0.25, 0.3) is 10.9 Å². The minimum Gasteiger partial charge on any atom is -0.477 e. The zero-order chi connectivity index (χ0) is 20.5. The van der Waals surface area contributed by atoms with Gasteiger partial charge < -0.3 is 19.7 Å². The number of aromatic carboxylic acids is 1. The van der Waals surface area contributed by atoms with Crippen molar-refractivity contribution < 1.29 is 19.4 Å². The van der Waals surface area contributed by atoms with E-state index in [1.54, 1.807) is 6.07 Å². The second kappa shape index (κ2) is 8.12. The molecule has 1 saturated carbocycles. The third kappa shape index (κ3) is 4.00. The molecule has 0 bridgehead atoms. The van der Waals surface area contributed by atoms with Crippen molar-refractivity contribution in [3.8, 4) is 0 Å². The molecule has 0 unspecified atom stereocenters. The van der Waals surface area contributed by atoms with E-state index in [1.165, 1.54) is 12.3 Å². The van der Waals surface area contributed by atoms with Crippen molar-refractivity contribution in [3.05, 3.63) is 39.9 Å². The molecule has 2 N–H and O–H groups in total. The van der Waals surface area contributed by atoms with E-state index in [0.717, 1.165) is 45.3 Å². The molecule has 1 aliphatic heterocycles. The summed E-state index contributed by atoms with van der Waals surface area (Å²) in [6.45, 7) is 4.12. The summed E-state index contributed by atoms with van der Waals surface area (Å²) in [6, 6.07) is 3.07. The molecule has 7 nitrogen and oxygen atoms in total. The number of aromatic nitrogens is 1. The van der Waals surface area contributed by atoms with E-state index in [-0.39, 0.29) is 23.6 Å². The second-order valence-corrected chi connectivity index (χ2v) is 7.90. The van der Waals surface area contributed by atoms with Gasteiger partial charge in [-0.2, -0.15) is 0 Å². The molecule has 2 aliphatic rings. The van der Waals surface area contributed by atoms with Gasteiger partial charge in [0.15, 0.2) is 0 Å². The number of hydrogen-bond donors (Lipinski definition) is 2. The van der Waals surface area contributed by atoms with E-state index in [2.05, 4.69) is 4.90 Å². The number of rotatable bonds is 7. The molecule has 29 heavy (non-hydrogen) atoms. The Labute approximate surface area is 168 Å². The van der Waals surface area contributed by atoms with Crippen LogP contribution in [0.4, 0.5) is 10.1 Å². The molecular formula is C21H26FN3O4. The van der Waals surface area contributed by atoms with Gasteiger partial charge in [-0.1, -0.05) is 0 Å². The number of carbonyl (C=O) groups is 1. The fourth-order valence-electron chi connectivity index (χ4n) is 4.07. The van der Waals surface area contributed by atoms with Gasteiger partial charge in [-0.3, -0.25) is 9.69 Å². The van der Waals surface area contributed by atoms with Crippen LogP contribution in [0.15, 0.2) is 23.1 Å². The number of aliphatic hydroxyl groups is 1. The zero-order valence-electron chi connectivity index (χ0n) is 16.3. The number of benzene rings is 1. The standard InChI is InChI=1S/C21H26FN3O4/c22-17-11-15-18(25(14-3-4-14)13-16(20(15)27)21(28)29)12-19(17)24-8-6-23(7-9-24)5-1-2-10-26/h11-14,26H,1-10H2,(H,28,29). The highest BCUT2D eigenvalue weighted by Crippen LogP contribution is 2.38. The van der Waals surface area contributed by atoms with Crippen molar-refractivity contribution in [2.75, 3.05) is 44.2 Å². The van der Waals surface area contributed by atoms with E-state index >= 15 is 0 Å². The molecule has 1 aliphatic carbocycles. The molecule has 0 atom stereocenters. The molecule has 2 fully saturated rings. The SMILES string of the molecule is O=C(O)c1cn(C2CC2)c2cc(N3CCN(CCCCO)CC3)c(F)cc2c1=O. The molecular weight excluding hydrogens is 377 g/mol. The highest BCUT2D eigenvalue weighted by atomic mass is 19.1. The van der Waals surface area contributed by atoms with Gasteiger partial charge in [-0.25, -0.2) is 9.18 Å². The molecule has 1 saturated heterocycles. The van der Waals surface area contributed by atoms with E-state index in [0.29, 0.717) is 24.3 Å². The average Bonchev–Trinajstić information content (AvgIpc) is 3.54. The van der Waals surface area contributed by atoms with Crippen molar-refractivity contribution in [1.29, 1.82) is 0 Å². The Morgan fingerprint density at radius 3 is 2.48 bits per heavy atom. The van der Waals surface area contributed by atoms with Crippen LogP contribution in [0.1, 0.15) is 42.1 Å². The Morgan fingerprint density at radius 2 is 1.86 bits per heavy atom. The smallest absolute Gasteiger partial charge is 0.341 e. The Morgan fingerprint density at radius 1 is 1.14 bits per heavy atom. The zero-order valence-corrected chi connectivity index (χ0v) is 16.3. The Bertz CT molecular complexity index is 978. The van der Waals surface area contributed by atoms with E-state index in [1.807, 2.05) is 9.47 Å². The summed E-state index contributed by atoms with van der Waals surface area (Å²) in [6.07, 6.45) is 4.99. The van der Waals surface area contributed by atoms with Crippen molar-refractivity contribution in [3.63, 3.8) is 0 Å². The molecule has 156 valence electrons. The first-order valence-corrected chi connectivity index (χ1v) is 10.2. The number of anilines is 1. The number of pyridine rings is 1. The maximum absolute atomic E-state index is 14.9. The molecule has 2 aromatic rings. The topological polar surface area (TPSA) is 86.0 Å². The van der Waals surface area contributed by atoms with Crippen molar-refractivity contribution in [1.82, 2.24) is 9.47 Å². The first kappa shape index (κ1) is 19.8. The lowest BCUT2D eigenvalue weighted by atomic mass is 10.1. The van der Waals surface area contributed by atoms with Gasteiger partial charge in [0.2, 0.25) is 5.43 Å². The number of nitrogens with zero attached hydrogens (tertiary/aromatic N) is 3. The number of halogens is 1. The molecule has 0 radical (unpaired) electrons. The minimum absolute atomic E-state index is 0.126. The van der Waals surface area contributed by atoms with Crippen molar-refractivity contribution >= 4 is 22.6 Å². The van der Waals surface area contributed by atoms with E-state index < -0.39 is 17.2 Å². The van der Waals surface area contributed by atoms with Crippen molar-refractivity contribution in [2.24, 2.45) is 0 Å². The van der Waals surface area contributed by atoms with Gasteiger partial charge in [0.05, 0.1) is 11.2 Å². The minimum atomic E-state index is -1.28. The third-order valence-electron chi connectivity index (χ3n) is 5.87. The monoisotopic (exact) mass is 403 g/mol. The van der Waals surface area contributed by atoms with Gasteiger partial charge in [0.1, 0.15) is 11.4 Å². The fourth-order valence-corrected chi connectivity index (χ4v) is 4.07. The molecule has 8 heteroatoms. The van der Waals surface area contributed by atoms with Crippen LogP contribution < -0.4 is 10.3 Å². The molecule has 1 aromatic heterocycles. The van der Waals surface area contributed by atoms with Gasteiger partial charge in [-0.15, -0.1) is 0 Å². The number of carboxylic acids is 1. The summed E-state index contributed by atoms with van der Waals surface area (Å²) < 4.78 is 16.8. The summed E-state index contributed by atoms with van der Waals surface area (Å²) in [5.74, 6) is -1.78. The number of hydrogen-bond acceptors (Lipinski definition) is 5. The van der Waals surface area contributed by atoms with Crippen molar-refractivity contribution in [2.45, 2.75) is 31.7 Å². The highest BCUT2D eigenvalue weighted by Gasteiger charge is 2.28. The lowest BCUT2D eigenvalue weighted by Gasteiger charge is -2.36. The number of unbranched alkanes of at least 4 members (excludes halogenated alkanes) is 1. The summed E-state index contributed by atoms with van der Waals surface area (Å²) >= 11 is 0. The number of aliphatic hydroxyl groups excluding tert-OH is 1. The van der Waals surface area contributed by atoms with Crippen LogP contribution in [0.3, 0.4) is 0 Å². The normalized spacial score (nSPS) is 17.8. The lowest BCUT2D eigenvalue weighted by Crippen LogP contribution is -2.47. The molecule has 0 amide bonds. The van der Waals surface area contributed by atoms with Crippen LogP contribution in [0.5, 0.6) is 0 Å². The number of carboxylic acid groups (broad SMARTS) is 1. The van der Waals surface area contributed by atoms with E-state index in [4.69, 9.17) is 5.11 Å². The van der Waals surface area contributed by atoms with Crippen LogP contribution >= 0.6 is 0 Å². The second-order valence-electron chi connectivity index (χ2n) is 7.90. The van der Waals surface area contributed by atoms with Crippen LogP contribution in [0.2, 0.25) is 0 Å². The summed E-state index contributed by atoms with van der Waals surface area (Å²) in [5, 5.41) is 18.4. The van der Waals surface area contributed by atoms with Gasteiger partial charge in [-0.05, 0) is 44.4 Å². The Kier molecular flexibility index (Phi) is 5.56. The first-order valence-electron chi connectivity index (χ1n) is 10.2. The number of piperazine rings is 1. The molecule has 4 rings (SSSR count). The maximum atomic E-state index is 14.9. The van der Waals surface area contributed by atoms with Crippen LogP contribution in [-0.4, -0.2) is 65.0 Å². The largest absolute Gasteiger partial charge is 0.477 e. The Hall–Kier alpha value is -2.45. The third-order valence-corrected chi connectivity index (χ3v) is 5.87. The lowest BCUT2D eigenvalue weighted by molar-refractivity contribution is 0.0695. The van der Waals surface area contributed by atoms with Crippen LogP contribution in [0, 0.1) is 5.82 Å². The Balaban J connectivity index is 1.64. The quantitative estimate of drug-likeness (QED) is 0.689. The predicted octanol–water partition coefficient (Wildman–Crippen LogP) is 2.07. The number of fused-ring (bicyclic) bond motifs is 1.